The van der Waals surface area contributed by atoms with E-state index in [0.717, 1.165) is 18.6 Å². The third kappa shape index (κ3) is 2.75. The van der Waals surface area contributed by atoms with Crippen molar-refractivity contribution in [1.29, 1.82) is 0 Å². The van der Waals surface area contributed by atoms with E-state index in [0.29, 0.717) is 24.7 Å². The van der Waals surface area contributed by atoms with Gasteiger partial charge in [-0.1, -0.05) is 5.16 Å². The first kappa shape index (κ1) is 11.4. The molecule has 0 radical (unpaired) electrons. The van der Waals surface area contributed by atoms with Gasteiger partial charge in [0.15, 0.2) is 5.82 Å². The Balaban J connectivity index is 1.76. The predicted molar refractivity (Wildman–Crippen MR) is 61.0 cm³/mol. The van der Waals surface area contributed by atoms with E-state index in [2.05, 4.69) is 28.1 Å². The molecule has 1 N–H and O–H groups in total. The highest BCUT2D eigenvalue weighted by atomic mass is 32.1. The van der Waals surface area contributed by atoms with Crippen molar-refractivity contribution in [3.05, 3.63) is 11.7 Å². The van der Waals surface area contributed by atoms with Crippen molar-refractivity contribution in [2.24, 2.45) is 5.41 Å². The van der Waals surface area contributed by atoms with E-state index in [1.165, 1.54) is 0 Å². The topological polar surface area (TPSA) is 68.0 Å². The first-order chi connectivity index (χ1) is 7.63. The Morgan fingerprint density at radius 3 is 2.88 bits per heavy atom. The zero-order valence-electron chi connectivity index (χ0n) is 9.19. The highest BCUT2D eigenvalue weighted by Gasteiger charge is 2.42. The van der Waals surface area contributed by atoms with Crippen LogP contribution in [0.3, 0.4) is 0 Å². The van der Waals surface area contributed by atoms with Crippen LogP contribution in [0.4, 0.5) is 0 Å². The molecule has 0 aromatic carbocycles. The molecule has 5 nitrogen and oxygen atoms in total. The SMILES string of the molecule is Cc1nc(CNC(=O)CC2(CS)CC2)no1. The number of carbonyl (C=O) groups is 1. The maximum absolute atomic E-state index is 11.6. The molecule has 0 spiro atoms. The van der Waals surface area contributed by atoms with E-state index >= 15 is 0 Å². The molecule has 2 rings (SSSR count). The first-order valence-electron chi connectivity index (χ1n) is 5.30. The van der Waals surface area contributed by atoms with Gasteiger partial charge in [-0.25, -0.2) is 0 Å². The second kappa shape index (κ2) is 4.45. The summed E-state index contributed by atoms with van der Waals surface area (Å²) in [5.74, 6) is 1.84. The van der Waals surface area contributed by atoms with Crippen molar-refractivity contribution in [3.63, 3.8) is 0 Å². The highest BCUT2D eigenvalue weighted by Crippen LogP contribution is 2.49. The number of nitrogens with zero attached hydrogens (tertiary/aromatic N) is 2. The zero-order valence-corrected chi connectivity index (χ0v) is 10.1. The Morgan fingerprint density at radius 2 is 2.38 bits per heavy atom. The lowest BCUT2D eigenvalue weighted by Crippen LogP contribution is -2.26. The fourth-order valence-corrected chi connectivity index (χ4v) is 1.99. The van der Waals surface area contributed by atoms with E-state index in [1.54, 1.807) is 6.92 Å². The van der Waals surface area contributed by atoms with Gasteiger partial charge in [-0.15, -0.1) is 0 Å². The molecule has 1 aliphatic carbocycles. The summed E-state index contributed by atoms with van der Waals surface area (Å²) in [7, 11) is 0. The summed E-state index contributed by atoms with van der Waals surface area (Å²) in [6.07, 6.45) is 2.75. The zero-order chi connectivity index (χ0) is 11.6. The van der Waals surface area contributed by atoms with Crippen LogP contribution in [0.5, 0.6) is 0 Å². The molecule has 88 valence electrons. The van der Waals surface area contributed by atoms with Crippen molar-refractivity contribution in [2.45, 2.75) is 32.7 Å². The normalized spacial score (nSPS) is 17.1. The molecule has 0 unspecified atom stereocenters. The minimum absolute atomic E-state index is 0.0361. The molecular formula is C10H15N3O2S. The molecule has 1 aromatic rings. The van der Waals surface area contributed by atoms with Crippen molar-refractivity contribution in [1.82, 2.24) is 15.5 Å². The van der Waals surface area contributed by atoms with Gasteiger partial charge in [-0.05, 0) is 24.0 Å². The summed E-state index contributed by atoms with van der Waals surface area (Å²) in [6, 6.07) is 0. The Bertz CT molecular complexity index is 387. The van der Waals surface area contributed by atoms with E-state index in [4.69, 9.17) is 4.52 Å². The lowest BCUT2D eigenvalue weighted by atomic mass is 10.1. The molecule has 1 saturated carbocycles. The number of rotatable bonds is 5. The lowest BCUT2D eigenvalue weighted by molar-refractivity contribution is -0.122. The van der Waals surface area contributed by atoms with Crippen LogP contribution in [0, 0.1) is 12.3 Å². The molecule has 1 heterocycles. The van der Waals surface area contributed by atoms with Crippen molar-refractivity contribution >= 4 is 18.5 Å². The summed E-state index contributed by atoms with van der Waals surface area (Å²) in [5.41, 5.74) is 0.153. The molecule has 1 aliphatic rings. The minimum Gasteiger partial charge on any atom is -0.349 e. The van der Waals surface area contributed by atoms with Gasteiger partial charge in [0.1, 0.15) is 0 Å². The molecule has 0 atom stereocenters. The van der Waals surface area contributed by atoms with Crippen LogP contribution in [0.25, 0.3) is 0 Å². The molecule has 6 heteroatoms. The van der Waals surface area contributed by atoms with E-state index < -0.39 is 0 Å². The summed E-state index contributed by atoms with van der Waals surface area (Å²) >= 11 is 4.26. The average molecular weight is 241 g/mol. The van der Waals surface area contributed by atoms with E-state index in [9.17, 15) is 4.79 Å². The van der Waals surface area contributed by atoms with Gasteiger partial charge < -0.3 is 9.84 Å². The number of amides is 1. The molecule has 1 fully saturated rings. The number of thiol groups is 1. The molecular weight excluding hydrogens is 226 g/mol. The maximum atomic E-state index is 11.6. The van der Waals surface area contributed by atoms with Crippen LogP contribution in [-0.2, 0) is 11.3 Å². The number of hydrogen-bond donors (Lipinski definition) is 2. The highest BCUT2D eigenvalue weighted by molar-refractivity contribution is 7.80. The third-order valence-corrected chi connectivity index (χ3v) is 3.51. The maximum Gasteiger partial charge on any atom is 0.223 e. The Hall–Kier alpha value is -1.04. The van der Waals surface area contributed by atoms with Crippen LogP contribution < -0.4 is 5.32 Å². The van der Waals surface area contributed by atoms with Gasteiger partial charge in [-0.2, -0.15) is 17.6 Å². The van der Waals surface area contributed by atoms with Gasteiger partial charge >= 0.3 is 0 Å². The Labute approximate surface area is 99.4 Å². The minimum atomic E-state index is 0.0361. The smallest absolute Gasteiger partial charge is 0.223 e. The quantitative estimate of drug-likeness (QED) is 0.757. The van der Waals surface area contributed by atoms with E-state index in [1.807, 2.05) is 0 Å². The number of carbonyl (C=O) groups excluding carboxylic acids is 1. The average Bonchev–Trinajstić information content (AvgIpc) is 2.91. The van der Waals surface area contributed by atoms with Crippen molar-refractivity contribution in [3.8, 4) is 0 Å². The summed E-state index contributed by atoms with van der Waals surface area (Å²) in [4.78, 5) is 15.6. The first-order valence-corrected chi connectivity index (χ1v) is 5.94. The fraction of sp³-hybridized carbons (Fsp3) is 0.700. The summed E-state index contributed by atoms with van der Waals surface area (Å²) in [6.45, 7) is 2.05. The Kier molecular flexibility index (Phi) is 3.18. The number of nitrogens with one attached hydrogen (secondary N) is 1. The van der Waals surface area contributed by atoms with Crippen LogP contribution in [-0.4, -0.2) is 21.8 Å². The number of aryl methyl sites for hydroxylation is 1. The van der Waals surface area contributed by atoms with Gasteiger partial charge in [-0.3, -0.25) is 4.79 Å². The lowest BCUT2D eigenvalue weighted by Gasteiger charge is -2.10. The van der Waals surface area contributed by atoms with Gasteiger partial charge in [0.05, 0.1) is 6.54 Å². The fourth-order valence-electron chi connectivity index (χ4n) is 1.56. The Morgan fingerprint density at radius 1 is 1.62 bits per heavy atom. The van der Waals surface area contributed by atoms with Crippen molar-refractivity contribution < 1.29 is 9.32 Å². The van der Waals surface area contributed by atoms with E-state index in [-0.39, 0.29) is 11.3 Å². The van der Waals surface area contributed by atoms with Crippen molar-refractivity contribution in [2.75, 3.05) is 5.75 Å². The van der Waals surface area contributed by atoms with Gasteiger partial charge in [0, 0.05) is 13.3 Å². The molecule has 0 aliphatic heterocycles. The molecule has 0 bridgehead atoms. The second-order valence-electron chi connectivity index (χ2n) is 4.34. The van der Waals surface area contributed by atoms with Crippen LogP contribution in [0.2, 0.25) is 0 Å². The molecule has 1 amide bonds. The summed E-state index contributed by atoms with van der Waals surface area (Å²) in [5, 5.41) is 6.49. The number of aromatic nitrogens is 2. The third-order valence-electron chi connectivity index (χ3n) is 2.84. The number of hydrogen-bond acceptors (Lipinski definition) is 5. The molecule has 1 aromatic heterocycles. The monoisotopic (exact) mass is 241 g/mol. The molecule has 0 saturated heterocycles. The van der Waals surface area contributed by atoms with Crippen LogP contribution in [0.1, 0.15) is 31.0 Å². The largest absolute Gasteiger partial charge is 0.349 e. The second-order valence-corrected chi connectivity index (χ2v) is 4.66. The van der Waals surface area contributed by atoms with Crippen LogP contribution >= 0.6 is 12.6 Å². The predicted octanol–water partition coefficient (Wildman–Crippen LogP) is 1.09. The standard InChI is InChI=1S/C10H15N3O2S/c1-7-12-8(13-15-7)5-11-9(14)4-10(6-16)2-3-10/h16H,2-6H2,1H3,(H,11,14). The summed E-state index contributed by atoms with van der Waals surface area (Å²) < 4.78 is 4.81. The van der Waals surface area contributed by atoms with Gasteiger partial charge in [0.2, 0.25) is 11.8 Å². The van der Waals surface area contributed by atoms with Gasteiger partial charge in [0.25, 0.3) is 0 Å². The van der Waals surface area contributed by atoms with Crippen LogP contribution in [0.15, 0.2) is 4.52 Å². The molecule has 16 heavy (non-hydrogen) atoms.